The van der Waals surface area contributed by atoms with E-state index in [-0.39, 0.29) is 52.2 Å². The van der Waals surface area contributed by atoms with E-state index < -0.39 is 10.0 Å². The van der Waals surface area contributed by atoms with Crippen LogP contribution in [0.15, 0.2) is 63.9 Å². The summed E-state index contributed by atoms with van der Waals surface area (Å²) in [5, 5.41) is 0. The molecule has 6 rings (SSSR count). The molecule has 5 aliphatic carbocycles. The summed E-state index contributed by atoms with van der Waals surface area (Å²) in [5.41, 5.74) is 0.794. The van der Waals surface area contributed by atoms with Crippen LogP contribution in [0.25, 0.3) is 0 Å². The van der Waals surface area contributed by atoms with Gasteiger partial charge in [0, 0.05) is 29.4 Å². The van der Waals surface area contributed by atoms with Crippen LogP contribution in [0.1, 0.15) is 12.8 Å². The monoisotopic (exact) mass is 379 g/mol. The topological polar surface area (TPSA) is 63.6 Å². The predicted molar refractivity (Wildman–Crippen MR) is 102 cm³/mol. The molecule has 0 heterocycles. The van der Waals surface area contributed by atoms with Crippen LogP contribution in [0.2, 0.25) is 0 Å². The Morgan fingerprint density at radius 3 is 1.74 bits per heavy atom. The molecule has 0 saturated heterocycles. The lowest BCUT2D eigenvalue weighted by molar-refractivity contribution is -0.131. The molecule has 5 aliphatic rings. The number of benzene rings is 1. The smallest absolute Gasteiger partial charge is 0.282 e. The highest BCUT2D eigenvalue weighted by molar-refractivity contribution is 7.90. The summed E-state index contributed by atoms with van der Waals surface area (Å²) in [7, 11) is -3.76. The zero-order valence-corrected chi connectivity index (χ0v) is 15.6. The number of nitrogens with zero attached hydrogens (tertiary/aromatic N) is 1. The van der Waals surface area contributed by atoms with E-state index >= 15 is 0 Å². The zero-order valence-electron chi connectivity index (χ0n) is 14.8. The number of carbonyl (C=O) groups is 1. The van der Waals surface area contributed by atoms with Gasteiger partial charge in [-0.15, -0.1) is 0 Å². The largest absolute Gasteiger partial charge is 0.299 e. The molecule has 0 N–H and O–H groups in total. The highest BCUT2D eigenvalue weighted by atomic mass is 32.2. The zero-order chi connectivity index (χ0) is 18.3. The van der Waals surface area contributed by atoms with Crippen LogP contribution in [0.5, 0.6) is 0 Å². The third kappa shape index (κ3) is 2.06. The Balaban J connectivity index is 1.52. The van der Waals surface area contributed by atoms with Gasteiger partial charge >= 0.3 is 0 Å². The van der Waals surface area contributed by atoms with Crippen LogP contribution in [-0.2, 0) is 14.8 Å². The fourth-order valence-electron chi connectivity index (χ4n) is 6.58. The minimum absolute atomic E-state index is 0.0278. The molecule has 1 aromatic rings. The molecule has 1 aromatic carbocycles. The number of Topliss-reactive ketones (excluding diaryl/α,β-unsaturated/α-hetero) is 1. The molecule has 0 aliphatic heterocycles. The molecule has 0 spiro atoms. The van der Waals surface area contributed by atoms with Crippen molar-refractivity contribution in [2.45, 2.75) is 17.7 Å². The van der Waals surface area contributed by atoms with Crippen LogP contribution < -0.4 is 0 Å². The lowest BCUT2D eigenvalue weighted by Gasteiger charge is -2.42. The van der Waals surface area contributed by atoms with Crippen molar-refractivity contribution in [3.05, 3.63) is 54.6 Å². The molecule has 3 fully saturated rings. The summed E-state index contributed by atoms with van der Waals surface area (Å²) in [6.45, 7) is 0. The highest BCUT2D eigenvalue weighted by Gasteiger charge is 2.63. The van der Waals surface area contributed by atoms with Crippen LogP contribution in [-0.4, -0.2) is 19.9 Å². The van der Waals surface area contributed by atoms with Crippen molar-refractivity contribution in [2.75, 3.05) is 0 Å². The van der Waals surface area contributed by atoms with Gasteiger partial charge in [0.2, 0.25) is 0 Å². The highest BCUT2D eigenvalue weighted by Crippen LogP contribution is 2.61. The fourth-order valence-corrected chi connectivity index (χ4v) is 7.70. The second-order valence-corrected chi connectivity index (χ2v) is 10.3. The van der Waals surface area contributed by atoms with Gasteiger partial charge in [0.1, 0.15) is 5.78 Å². The van der Waals surface area contributed by atoms with Crippen molar-refractivity contribution in [1.29, 1.82) is 0 Å². The predicted octanol–water partition coefficient (Wildman–Crippen LogP) is 3.28. The normalized spacial score (nSPS) is 44.9. The van der Waals surface area contributed by atoms with Gasteiger partial charge in [-0.3, -0.25) is 4.79 Å². The van der Waals surface area contributed by atoms with Crippen molar-refractivity contribution in [1.82, 2.24) is 0 Å². The van der Waals surface area contributed by atoms with E-state index in [1.807, 2.05) is 0 Å². The van der Waals surface area contributed by atoms with Crippen LogP contribution >= 0.6 is 0 Å². The number of ketones is 1. The van der Waals surface area contributed by atoms with Gasteiger partial charge in [-0.25, -0.2) is 0 Å². The van der Waals surface area contributed by atoms with Gasteiger partial charge in [-0.1, -0.05) is 42.5 Å². The molecule has 8 atom stereocenters. The number of fused-ring (bicyclic) bond motifs is 10. The molecular weight excluding hydrogens is 358 g/mol. The van der Waals surface area contributed by atoms with Gasteiger partial charge in [0.05, 0.1) is 4.90 Å². The molecule has 4 nitrogen and oxygen atoms in total. The van der Waals surface area contributed by atoms with E-state index in [9.17, 15) is 13.2 Å². The molecule has 0 aromatic heterocycles. The third-order valence-corrected chi connectivity index (χ3v) is 8.84. The number of allylic oxidation sites excluding steroid dienone is 4. The number of sulfonamides is 1. The summed E-state index contributed by atoms with van der Waals surface area (Å²) in [5.74, 6) is 1.23. The van der Waals surface area contributed by atoms with E-state index in [2.05, 4.69) is 28.7 Å². The van der Waals surface area contributed by atoms with Crippen molar-refractivity contribution in [3.8, 4) is 0 Å². The Morgan fingerprint density at radius 1 is 0.741 bits per heavy atom. The van der Waals surface area contributed by atoms with E-state index in [1.54, 1.807) is 30.3 Å². The minimum atomic E-state index is -3.76. The maximum absolute atomic E-state index is 13.4. The first-order valence-electron chi connectivity index (χ1n) is 9.85. The lowest BCUT2D eigenvalue weighted by Crippen LogP contribution is -2.50. The SMILES string of the molecule is O=C1[C@@H]2[C@@H](C(=NS(=O)(=O)c3ccccc3)[C@@H]3[C@@H]1[C@H]1C=C[C@H]3C1)[C@@H]1C=C[C@H]2C1. The first-order chi connectivity index (χ1) is 13.0. The van der Waals surface area contributed by atoms with E-state index in [4.69, 9.17) is 0 Å². The summed E-state index contributed by atoms with van der Waals surface area (Å²) in [6.07, 6.45) is 10.7. The van der Waals surface area contributed by atoms with E-state index in [0.29, 0.717) is 5.78 Å². The Kier molecular flexibility index (Phi) is 3.13. The summed E-state index contributed by atoms with van der Waals surface area (Å²) >= 11 is 0. The molecule has 5 heteroatoms. The van der Waals surface area contributed by atoms with Gasteiger partial charge in [-0.2, -0.15) is 12.8 Å². The molecule has 0 radical (unpaired) electrons. The average Bonchev–Trinajstić information content (AvgIpc) is 3.45. The maximum atomic E-state index is 13.4. The number of carbonyl (C=O) groups excluding carboxylic acids is 1. The maximum Gasteiger partial charge on any atom is 0.282 e. The van der Waals surface area contributed by atoms with Gasteiger partial charge in [-0.05, 0) is 48.6 Å². The van der Waals surface area contributed by atoms with Crippen LogP contribution in [0.3, 0.4) is 0 Å². The van der Waals surface area contributed by atoms with Crippen LogP contribution in [0.4, 0.5) is 0 Å². The molecule has 0 unspecified atom stereocenters. The molecule has 138 valence electrons. The van der Waals surface area contributed by atoms with E-state index in [0.717, 1.165) is 18.6 Å². The fraction of sp³-hybridized carbons (Fsp3) is 0.455. The second kappa shape index (κ2) is 5.28. The standard InChI is InChI=1S/C22H21NO3S/c24-22-19-14-8-6-12(10-14)17(19)21(18-13-7-9-15(11-13)20(18)22)23-27(25,26)16-4-2-1-3-5-16/h1-9,12-15,17-20H,10-11H2/t12-,13+,14-,15-,17-,18-,19-,20-/m0/s1. The van der Waals surface area contributed by atoms with Gasteiger partial charge < -0.3 is 0 Å². The Hall–Kier alpha value is -2.01. The number of rotatable bonds is 2. The molecule has 27 heavy (non-hydrogen) atoms. The quantitative estimate of drug-likeness (QED) is 0.741. The third-order valence-electron chi connectivity index (χ3n) is 7.53. The number of hydrogen-bond donors (Lipinski definition) is 0. The van der Waals surface area contributed by atoms with Crippen molar-refractivity contribution in [2.24, 2.45) is 51.7 Å². The van der Waals surface area contributed by atoms with Crippen molar-refractivity contribution < 1.29 is 13.2 Å². The lowest BCUT2D eigenvalue weighted by atomic mass is 9.60. The van der Waals surface area contributed by atoms with Gasteiger partial charge in [0.15, 0.2) is 0 Å². The Bertz CT molecular complexity index is 979. The molecular formula is C22H21NO3S. The first-order valence-corrected chi connectivity index (χ1v) is 11.3. The summed E-state index contributed by atoms with van der Waals surface area (Å²) in [4.78, 5) is 13.6. The van der Waals surface area contributed by atoms with E-state index in [1.165, 1.54) is 0 Å². The molecule has 4 bridgehead atoms. The summed E-state index contributed by atoms with van der Waals surface area (Å²) in [6, 6.07) is 8.46. The average molecular weight is 379 g/mol. The number of hydrogen-bond acceptors (Lipinski definition) is 3. The Labute approximate surface area is 159 Å². The summed E-state index contributed by atoms with van der Waals surface area (Å²) < 4.78 is 30.6. The first kappa shape index (κ1) is 16.0. The molecule has 0 amide bonds. The van der Waals surface area contributed by atoms with Gasteiger partial charge in [0.25, 0.3) is 10.0 Å². The van der Waals surface area contributed by atoms with Crippen LogP contribution in [0, 0.1) is 47.3 Å². The van der Waals surface area contributed by atoms with Crippen molar-refractivity contribution in [3.63, 3.8) is 0 Å². The molecule has 3 saturated carbocycles. The second-order valence-electron chi connectivity index (χ2n) is 8.71. The van der Waals surface area contributed by atoms with Crippen molar-refractivity contribution >= 4 is 21.5 Å². The Morgan fingerprint density at radius 2 is 1.22 bits per heavy atom. The minimum Gasteiger partial charge on any atom is -0.299 e.